The van der Waals surface area contributed by atoms with Gasteiger partial charge < -0.3 is 30.6 Å². The normalized spacial score (nSPS) is 13.7. The van der Waals surface area contributed by atoms with E-state index in [9.17, 15) is 22.8 Å². The molecule has 4 aromatic rings. The van der Waals surface area contributed by atoms with Crippen LogP contribution in [0.3, 0.4) is 0 Å². The van der Waals surface area contributed by atoms with Gasteiger partial charge in [0, 0.05) is 35.1 Å². The van der Waals surface area contributed by atoms with E-state index in [-0.39, 0.29) is 34.0 Å². The average Bonchev–Trinajstić information content (AvgIpc) is 3.70. The Bertz CT molecular complexity index is 1720. The number of hydrogen-bond acceptors (Lipinski definition) is 7. The SMILES string of the molecule is COc1cc2c(Oc3ccc(NC(=O)C(=O)Nc4ccc(C)c(C(F)(F)F)c4)cc3F)ccnc2cc1OCC1(N)CC1. The Morgan fingerprint density at radius 1 is 0.930 bits per heavy atom. The van der Waals surface area contributed by atoms with Crippen LogP contribution in [0.2, 0.25) is 0 Å². The largest absolute Gasteiger partial charge is 0.493 e. The summed E-state index contributed by atoms with van der Waals surface area (Å²) < 4.78 is 71.6. The number of hydrogen-bond donors (Lipinski definition) is 3. The highest BCUT2D eigenvalue weighted by molar-refractivity contribution is 6.43. The van der Waals surface area contributed by atoms with Crippen LogP contribution in [0.25, 0.3) is 10.9 Å². The molecule has 3 aromatic carbocycles. The lowest BCUT2D eigenvalue weighted by atomic mass is 10.1. The van der Waals surface area contributed by atoms with E-state index in [1.807, 2.05) is 0 Å². The van der Waals surface area contributed by atoms with Crippen molar-refractivity contribution >= 4 is 34.1 Å². The van der Waals surface area contributed by atoms with E-state index < -0.39 is 29.4 Å². The van der Waals surface area contributed by atoms with Crippen LogP contribution in [0.4, 0.5) is 28.9 Å². The van der Waals surface area contributed by atoms with Gasteiger partial charge in [-0.3, -0.25) is 14.6 Å². The number of benzene rings is 3. The Morgan fingerprint density at radius 3 is 2.23 bits per heavy atom. The third kappa shape index (κ3) is 6.78. The van der Waals surface area contributed by atoms with Crippen LogP contribution in [-0.4, -0.2) is 36.1 Å². The summed E-state index contributed by atoms with van der Waals surface area (Å²) in [6.45, 7) is 1.60. The Balaban J connectivity index is 1.28. The Hall–Kier alpha value is -4.91. The third-order valence-electron chi connectivity index (χ3n) is 6.81. The van der Waals surface area contributed by atoms with Gasteiger partial charge in [0.05, 0.1) is 23.7 Å². The van der Waals surface area contributed by atoms with Gasteiger partial charge in [0.25, 0.3) is 0 Å². The molecule has 1 fully saturated rings. The number of carbonyl (C=O) groups is 2. The van der Waals surface area contributed by atoms with Gasteiger partial charge in [0.1, 0.15) is 12.4 Å². The van der Waals surface area contributed by atoms with Crippen LogP contribution in [0.5, 0.6) is 23.0 Å². The third-order valence-corrected chi connectivity index (χ3v) is 6.81. The minimum absolute atomic E-state index is 0.0423. The number of rotatable bonds is 8. The molecule has 0 unspecified atom stereocenters. The minimum atomic E-state index is -4.63. The van der Waals surface area contributed by atoms with Gasteiger partial charge in [0.15, 0.2) is 23.1 Å². The number of aryl methyl sites for hydroxylation is 1. The number of aromatic nitrogens is 1. The van der Waals surface area contributed by atoms with Gasteiger partial charge in [0.2, 0.25) is 0 Å². The van der Waals surface area contributed by atoms with Crippen LogP contribution in [0, 0.1) is 12.7 Å². The molecule has 1 heterocycles. The number of carbonyl (C=O) groups excluding carboxylic acids is 2. The van der Waals surface area contributed by atoms with Crippen molar-refractivity contribution in [3.05, 3.63) is 77.7 Å². The number of nitrogens with two attached hydrogens (primary N) is 1. The summed E-state index contributed by atoms with van der Waals surface area (Å²) in [6.07, 6.45) is -1.40. The highest BCUT2D eigenvalue weighted by Crippen LogP contribution is 2.40. The monoisotopic (exact) mass is 598 g/mol. The molecule has 2 amide bonds. The van der Waals surface area contributed by atoms with Crippen molar-refractivity contribution in [3.8, 4) is 23.0 Å². The Morgan fingerprint density at radius 2 is 1.60 bits per heavy atom. The fraction of sp³-hybridized carbons (Fsp3) is 0.233. The molecule has 0 aliphatic heterocycles. The zero-order valence-electron chi connectivity index (χ0n) is 23.0. The molecule has 224 valence electrons. The van der Waals surface area contributed by atoms with Crippen LogP contribution in [-0.2, 0) is 15.8 Å². The van der Waals surface area contributed by atoms with E-state index in [4.69, 9.17) is 19.9 Å². The maximum Gasteiger partial charge on any atom is 0.416 e. The minimum Gasteiger partial charge on any atom is -0.493 e. The average molecular weight is 599 g/mol. The highest BCUT2D eigenvalue weighted by Gasteiger charge is 2.39. The van der Waals surface area contributed by atoms with Crippen molar-refractivity contribution < 1.29 is 41.4 Å². The molecule has 1 saturated carbocycles. The molecule has 0 atom stereocenters. The Labute approximate surface area is 242 Å². The molecular formula is C30H26F4N4O5. The summed E-state index contributed by atoms with van der Waals surface area (Å²) in [5.74, 6) is -2.37. The maximum absolute atomic E-state index is 15.0. The zero-order chi connectivity index (χ0) is 30.9. The smallest absolute Gasteiger partial charge is 0.416 e. The summed E-state index contributed by atoms with van der Waals surface area (Å²) in [7, 11) is 1.48. The van der Waals surface area contributed by atoms with E-state index in [1.54, 1.807) is 12.1 Å². The molecule has 0 saturated heterocycles. The van der Waals surface area contributed by atoms with Gasteiger partial charge >= 0.3 is 18.0 Å². The molecule has 4 N–H and O–H groups in total. The maximum atomic E-state index is 15.0. The molecule has 5 rings (SSSR count). The first-order valence-electron chi connectivity index (χ1n) is 13.0. The zero-order valence-corrected chi connectivity index (χ0v) is 23.0. The first-order chi connectivity index (χ1) is 20.3. The number of ether oxygens (including phenoxy) is 3. The van der Waals surface area contributed by atoms with Crippen molar-refractivity contribution in [2.75, 3.05) is 24.4 Å². The molecule has 1 aliphatic carbocycles. The van der Waals surface area contributed by atoms with E-state index >= 15 is 4.39 Å². The molecule has 0 bridgehead atoms. The highest BCUT2D eigenvalue weighted by atomic mass is 19.4. The predicted molar refractivity (Wildman–Crippen MR) is 150 cm³/mol. The fourth-order valence-corrected chi connectivity index (χ4v) is 4.18. The van der Waals surface area contributed by atoms with Gasteiger partial charge in [-0.15, -0.1) is 0 Å². The first kappa shape index (κ1) is 29.6. The van der Waals surface area contributed by atoms with Crippen molar-refractivity contribution in [2.45, 2.75) is 31.5 Å². The lowest BCUT2D eigenvalue weighted by Crippen LogP contribution is -2.29. The van der Waals surface area contributed by atoms with Crippen molar-refractivity contribution in [1.29, 1.82) is 0 Å². The number of nitrogens with one attached hydrogen (secondary N) is 2. The molecule has 9 nitrogen and oxygen atoms in total. The van der Waals surface area contributed by atoms with Gasteiger partial charge in [-0.05, 0) is 61.7 Å². The second-order valence-corrected chi connectivity index (χ2v) is 10.2. The molecule has 43 heavy (non-hydrogen) atoms. The van der Waals surface area contributed by atoms with E-state index in [0.717, 1.165) is 25.0 Å². The number of methoxy groups -OCH3 is 1. The number of halogens is 4. The molecule has 0 radical (unpaired) electrons. The van der Waals surface area contributed by atoms with E-state index in [1.165, 1.54) is 50.6 Å². The number of alkyl halides is 3. The molecule has 13 heteroatoms. The second-order valence-electron chi connectivity index (χ2n) is 10.2. The van der Waals surface area contributed by atoms with Crippen LogP contribution >= 0.6 is 0 Å². The fourth-order valence-electron chi connectivity index (χ4n) is 4.18. The van der Waals surface area contributed by atoms with Crippen LogP contribution in [0.1, 0.15) is 24.0 Å². The van der Waals surface area contributed by atoms with Crippen LogP contribution in [0.15, 0.2) is 60.8 Å². The van der Waals surface area contributed by atoms with E-state index in [2.05, 4.69) is 15.6 Å². The lowest BCUT2D eigenvalue weighted by Gasteiger charge is -2.16. The van der Waals surface area contributed by atoms with Crippen LogP contribution < -0.4 is 30.6 Å². The molecule has 1 aromatic heterocycles. The van der Waals surface area contributed by atoms with E-state index in [0.29, 0.717) is 29.0 Å². The summed E-state index contributed by atoms with van der Waals surface area (Å²) in [6, 6.07) is 11.5. The number of amides is 2. The summed E-state index contributed by atoms with van der Waals surface area (Å²) in [4.78, 5) is 29.0. The summed E-state index contributed by atoms with van der Waals surface area (Å²) in [5, 5.41) is 4.83. The number of pyridine rings is 1. The standard InChI is InChI=1S/C30H26F4N4O5/c1-16-3-4-17(11-20(16)30(32,33)34)37-27(39)28(40)38-18-5-6-24(21(31)12-18)43-23-7-10-36-22-14-26(25(41-2)13-19(22)23)42-15-29(35)8-9-29/h3-7,10-14H,8-9,15,35H2,1-2H3,(H,37,39)(H,38,40). The summed E-state index contributed by atoms with van der Waals surface area (Å²) >= 11 is 0. The molecule has 0 spiro atoms. The molecular weight excluding hydrogens is 572 g/mol. The van der Waals surface area contributed by atoms with Crippen molar-refractivity contribution in [1.82, 2.24) is 4.98 Å². The number of fused-ring (bicyclic) bond motifs is 1. The number of nitrogens with zero attached hydrogens (tertiary/aromatic N) is 1. The lowest BCUT2D eigenvalue weighted by molar-refractivity contribution is -0.138. The number of anilines is 2. The predicted octanol–water partition coefficient (Wildman–Crippen LogP) is 5.95. The quantitative estimate of drug-likeness (QED) is 0.169. The van der Waals surface area contributed by atoms with Gasteiger partial charge in [-0.2, -0.15) is 13.2 Å². The molecule has 1 aliphatic rings. The summed E-state index contributed by atoms with van der Waals surface area (Å²) in [5.41, 5.74) is 4.98. The second kappa shape index (κ2) is 11.4. The Kier molecular flexibility index (Phi) is 7.84. The topological polar surface area (TPSA) is 125 Å². The van der Waals surface area contributed by atoms with Crippen molar-refractivity contribution in [2.24, 2.45) is 5.73 Å². The first-order valence-corrected chi connectivity index (χ1v) is 13.0. The van der Waals surface area contributed by atoms with Gasteiger partial charge in [-0.1, -0.05) is 6.07 Å². The van der Waals surface area contributed by atoms with Gasteiger partial charge in [-0.25, -0.2) is 4.39 Å². The van der Waals surface area contributed by atoms with Crippen molar-refractivity contribution in [3.63, 3.8) is 0 Å².